The molecule has 0 aromatic carbocycles. The van der Waals surface area contributed by atoms with Gasteiger partial charge in [0.15, 0.2) is 0 Å². The molecule has 0 unspecified atom stereocenters. The predicted molar refractivity (Wildman–Crippen MR) is 44.1 cm³/mol. The van der Waals surface area contributed by atoms with Crippen molar-refractivity contribution in [1.29, 1.82) is 0 Å². The summed E-state index contributed by atoms with van der Waals surface area (Å²) in [4.78, 5) is 51.3. The van der Waals surface area contributed by atoms with E-state index in [0.717, 1.165) is 0 Å². The third kappa shape index (κ3) is 28200. The summed E-state index contributed by atoms with van der Waals surface area (Å²) in [5.41, 5.74) is 0. The van der Waals surface area contributed by atoms with Gasteiger partial charge in [-0.2, -0.15) is 15.6 Å². The van der Waals surface area contributed by atoms with Crippen molar-refractivity contribution in [1.82, 2.24) is 0 Å². The third-order valence-electron chi connectivity index (χ3n) is 0. The van der Waals surface area contributed by atoms with Gasteiger partial charge in [-0.25, -0.2) is 0 Å². The molecule has 19 heteroatoms. The van der Waals surface area contributed by atoms with Crippen LogP contribution in [-0.2, 0) is 26.2 Å². The number of hydrogen-bond acceptors (Lipinski definition) is 8. The van der Waals surface area contributed by atoms with Gasteiger partial charge in [0.05, 0.1) is 0 Å². The number of phosphoric acid groups is 2. The van der Waals surface area contributed by atoms with Gasteiger partial charge in [0.1, 0.15) is 0 Å². The average Bonchev–Trinajstić information content (AvgIpc) is 1.12. The van der Waals surface area contributed by atoms with Crippen LogP contribution in [0.4, 0.5) is 0 Å². The van der Waals surface area contributed by atoms with E-state index in [1.807, 2.05) is 0 Å². The Kier molecular flexibility index (Phi) is 177. The Morgan fingerprint density at radius 1 is 0.421 bits per heavy atom. The molecule has 0 aromatic heterocycles. The van der Waals surface area contributed by atoms with Crippen LogP contribution in [0.3, 0.4) is 0 Å². The molecule has 130 valence electrons. The van der Waals surface area contributed by atoms with Crippen LogP contribution in [0.2, 0.25) is 0 Å². The van der Waals surface area contributed by atoms with E-state index in [2.05, 4.69) is 0 Å². The molecular weight excluding hydrogens is 374 g/mol. The number of hydrogen-bond donors (Lipinski definition) is 0. The standard InChI is InChI=1S/Fe.2H3O4P.8H2O/c;2*1-5(2,3)4;;;;;;;;/h;2*(H3,1,2,3,4);8*1H2/q+6;;;;;;;;;;/p-6. The Hall–Kier alpha value is 0.419. The second-order valence-electron chi connectivity index (χ2n) is 0.894. The van der Waals surface area contributed by atoms with E-state index < -0.39 is 15.6 Å². The monoisotopic (exact) mass is 390 g/mol. The van der Waals surface area contributed by atoms with Crippen molar-refractivity contribution < 1.29 is 99.4 Å². The molecule has 0 aromatic rings. The van der Waals surface area contributed by atoms with E-state index in [4.69, 9.17) is 38.5 Å². The summed E-state index contributed by atoms with van der Waals surface area (Å²) in [5, 5.41) is 0. The van der Waals surface area contributed by atoms with Crippen LogP contribution in [0, 0.1) is 0 Å². The zero-order chi connectivity index (χ0) is 9.00. The van der Waals surface area contributed by atoms with E-state index in [1.165, 1.54) is 0 Å². The molecule has 0 atom stereocenters. The van der Waals surface area contributed by atoms with E-state index in [1.54, 1.807) is 0 Å². The molecule has 0 heterocycles. The fraction of sp³-hybridized carbons (Fsp3) is 0. The molecule has 0 spiro atoms. The summed E-state index contributed by atoms with van der Waals surface area (Å²) in [6.45, 7) is 0. The van der Waals surface area contributed by atoms with Crippen molar-refractivity contribution in [2.24, 2.45) is 0 Å². The normalized spacial score (nSPS) is 6.21. The average molecular weight is 390 g/mol. The molecule has 0 bridgehead atoms. The smallest absolute Gasteiger partial charge is 0.822 e. The van der Waals surface area contributed by atoms with Crippen molar-refractivity contribution in [3.05, 3.63) is 0 Å². The predicted octanol–water partition coefficient (Wildman–Crippen LogP) is -12.2. The summed E-state index contributed by atoms with van der Waals surface area (Å²) >= 11 is 0. The maximum atomic E-state index is 8.55. The van der Waals surface area contributed by atoms with Gasteiger partial charge in [0.25, 0.3) is 0 Å². The molecule has 0 amide bonds. The minimum atomic E-state index is -5.39. The first-order valence-electron chi connectivity index (χ1n) is 1.46. The molecule has 19 heavy (non-hydrogen) atoms. The molecule has 0 aliphatic carbocycles. The molecule has 0 aliphatic rings. The van der Waals surface area contributed by atoms with E-state index in [9.17, 15) is 0 Å². The fourth-order valence-corrected chi connectivity index (χ4v) is 0. The largest absolute Gasteiger partial charge is 6.00 e. The molecule has 0 fully saturated rings. The Labute approximate surface area is 116 Å². The molecule has 0 radical (unpaired) electrons. The summed E-state index contributed by atoms with van der Waals surface area (Å²) in [7, 11) is -10.8. The Balaban J connectivity index is -0.00000000508. The second kappa shape index (κ2) is 36.2. The van der Waals surface area contributed by atoms with Crippen molar-refractivity contribution in [3.8, 4) is 0 Å². The zero-order valence-corrected chi connectivity index (χ0v) is 11.4. The first-order chi connectivity index (χ1) is 4.00. The van der Waals surface area contributed by atoms with Crippen LogP contribution in [0.1, 0.15) is 0 Å². The van der Waals surface area contributed by atoms with E-state index in [0.29, 0.717) is 0 Å². The first kappa shape index (κ1) is 92.9. The summed E-state index contributed by atoms with van der Waals surface area (Å²) < 4.78 is 17.1. The summed E-state index contributed by atoms with van der Waals surface area (Å²) in [6, 6.07) is 0. The summed E-state index contributed by atoms with van der Waals surface area (Å²) in [6.07, 6.45) is 0. The van der Waals surface area contributed by atoms with Crippen LogP contribution in [0.15, 0.2) is 0 Å². The molecule has 0 aliphatic heterocycles. The van der Waals surface area contributed by atoms with Crippen LogP contribution in [-0.4, -0.2) is 43.8 Å². The van der Waals surface area contributed by atoms with Crippen molar-refractivity contribution in [3.63, 3.8) is 0 Å². The van der Waals surface area contributed by atoms with Gasteiger partial charge in [0, 0.05) is 0 Å². The maximum Gasteiger partial charge on any atom is 6.00 e. The van der Waals surface area contributed by atoms with Crippen LogP contribution < -0.4 is 29.4 Å². The fourth-order valence-electron chi connectivity index (χ4n) is 0. The summed E-state index contributed by atoms with van der Waals surface area (Å²) in [5.74, 6) is 0. The van der Waals surface area contributed by atoms with Gasteiger partial charge in [-0.3, -0.25) is 0 Å². The maximum absolute atomic E-state index is 8.55. The molecular formula is H16FeO16P2. The van der Waals surface area contributed by atoms with Crippen LogP contribution in [0.25, 0.3) is 0 Å². The number of rotatable bonds is 0. The Morgan fingerprint density at radius 2 is 0.421 bits per heavy atom. The van der Waals surface area contributed by atoms with Gasteiger partial charge in [-0.15, -0.1) is 0 Å². The zero-order valence-electron chi connectivity index (χ0n) is 8.51. The Bertz CT molecular complexity index is 127. The molecule has 16 N–H and O–H groups in total. The molecule has 0 rings (SSSR count). The molecule has 16 nitrogen and oxygen atoms in total. The quantitative estimate of drug-likeness (QED) is 0.281. The van der Waals surface area contributed by atoms with Crippen molar-refractivity contribution in [2.75, 3.05) is 0 Å². The van der Waals surface area contributed by atoms with Crippen molar-refractivity contribution in [2.45, 2.75) is 0 Å². The topological polar surface area (TPSA) is 424 Å². The molecule has 0 saturated heterocycles. The van der Waals surface area contributed by atoms with Crippen LogP contribution >= 0.6 is 15.6 Å². The SMILES string of the molecule is O.O.O.O.O.O.O.O.O=P([O-])([O-])[O-].O=P([O-])([O-])[O-].[Fe+6]. The minimum Gasteiger partial charge on any atom is -0.822 e. The van der Waals surface area contributed by atoms with Gasteiger partial charge in [-0.05, 0) is 0 Å². The van der Waals surface area contributed by atoms with Gasteiger partial charge >= 0.3 is 17.1 Å². The van der Waals surface area contributed by atoms with Crippen molar-refractivity contribution >= 4 is 15.6 Å². The second-order valence-corrected chi connectivity index (χ2v) is 2.68. The van der Waals surface area contributed by atoms with E-state index >= 15 is 0 Å². The minimum absolute atomic E-state index is 0. The Morgan fingerprint density at radius 3 is 0.421 bits per heavy atom. The first-order valence-corrected chi connectivity index (χ1v) is 4.38. The van der Waals surface area contributed by atoms with E-state index in [-0.39, 0.29) is 60.9 Å². The van der Waals surface area contributed by atoms with Gasteiger partial charge in [-0.1, -0.05) is 0 Å². The third-order valence-corrected chi connectivity index (χ3v) is 0. The van der Waals surface area contributed by atoms with Gasteiger partial charge < -0.3 is 82.3 Å². The molecule has 0 saturated carbocycles. The van der Waals surface area contributed by atoms with Gasteiger partial charge in [0.2, 0.25) is 0 Å². The van der Waals surface area contributed by atoms with Crippen LogP contribution in [0.5, 0.6) is 0 Å².